The van der Waals surface area contributed by atoms with Crippen molar-refractivity contribution in [3.8, 4) is 0 Å². The summed E-state index contributed by atoms with van der Waals surface area (Å²) in [5, 5.41) is 8.63. The van der Waals surface area contributed by atoms with Gasteiger partial charge in [0.15, 0.2) is 0 Å². The number of amides is 2. The zero-order valence-electron chi connectivity index (χ0n) is 18.9. The van der Waals surface area contributed by atoms with Crippen LogP contribution < -0.4 is 16.0 Å². The molecule has 0 saturated carbocycles. The van der Waals surface area contributed by atoms with Crippen LogP contribution in [0.25, 0.3) is 0 Å². The first-order valence-electron chi connectivity index (χ1n) is 10.8. The average Bonchev–Trinajstić information content (AvgIpc) is 2.79. The fraction of sp³-hybridized carbons (Fsp3) is 0.375. The molecule has 1 saturated heterocycles. The van der Waals surface area contributed by atoms with Crippen molar-refractivity contribution in [2.24, 2.45) is 0 Å². The number of thiocarbonyl (C=S) groups is 1. The number of aryl methyl sites for hydroxylation is 1. The molecule has 10 heteroatoms. The maximum Gasteiger partial charge on any atom is 0.416 e. The molecule has 1 fully saturated rings. The van der Waals surface area contributed by atoms with Crippen LogP contribution in [0, 0.1) is 6.92 Å². The van der Waals surface area contributed by atoms with Crippen LogP contribution in [-0.4, -0.2) is 60.5 Å². The second-order valence-electron chi connectivity index (χ2n) is 8.43. The van der Waals surface area contributed by atoms with Crippen LogP contribution in [0.4, 0.5) is 13.2 Å². The van der Waals surface area contributed by atoms with Crippen LogP contribution in [0.2, 0.25) is 0 Å². The fourth-order valence-electron chi connectivity index (χ4n) is 3.75. The molecule has 1 heterocycles. The highest BCUT2D eigenvalue weighted by atomic mass is 32.1. The maximum absolute atomic E-state index is 12.9. The highest BCUT2D eigenvalue weighted by Gasteiger charge is 2.31. The van der Waals surface area contributed by atoms with Gasteiger partial charge in [0.1, 0.15) is 4.99 Å². The quantitative estimate of drug-likeness (QED) is 0.541. The van der Waals surface area contributed by atoms with E-state index in [0.29, 0.717) is 11.5 Å². The van der Waals surface area contributed by atoms with Crippen molar-refractivity contribution in [1.29, 1.82) is 0 Å². The Labute approximate surface area is 201 Å². The number of likely N-dealkylation sites (tertiary alicyclic amines) is 1. The van der Waals surface area contributed by atoms with E-state index < -0.39 is 23.6 Å². The summed E-state index contributed by atoms with van der Waals surface area (Å²) in [6, 6.07) is 11.5. The largest absolute Gasteiger partial charge is 0.416 e. The molecule has 3 N–H and O–H groups in total. The summed E-state index contributed by atoms with van der Waals surface area (Å²) >= 11 is 5.54. The molecule has 1 aliphatic rings. The van der Waals surface area contributed by atoms with E-state index in [4.69, 9.17) is 12.2 Å². The van der Waals surface area contributed by atoms with Crippen LogP contribution in [0.1, 0.15) is 33.5 Å². The summed E-state index contributed by atoms with van der Waals surface area (Å²) in [6.07, 6.45) is -3.80. The minimum Gasteiger partial charge on any atom is -0.371 e. The normalized spacial score (nSPS) is 18.7. The molecule has 34 heavy (non-hydrogen) atoms. The number of hydrogen-bond donors (Lipinski definition) is 3. The lowest BCUT2D eigenvalue weighted by Gasteiger charge is -2.38. The predicted molar refractivity (Wildman–Crippen MR) is 128 cm³/mol. The number of nitrogens with one attached hydrogen (secondary N) is 3. The molecule has 2 aromatic rings. The van der Waals surface area contributed by atoms with Crippen molar-refractivity contribution in [1.82, 2.24) is 20.9 Å². The summed E-state index contributed by atoms with van der Waals surface area (Å²) in [5.74, 6) is -1.19. The van der Waals surface area contributed by atoms with Gasteiger partial charge in [0.05, 0.1) is 18.2 Å². The van der Waals surface area contributed by atoms with E-state index in [0.717, 1.165) is 42.3 Å². The number of benzene rings is 2. The SMILES string of the molecule is Cc1ccc(C(=S)NC2CCN(C)CC2NC(=O)CNC(=O)c2cccc(C(F)(F)F)c2)cc1. The molecule has 1 aliphatic heterocycles. The van der Waals surface area contributed by atoms with Crippen LogP contribution in [0.5, 0.6) is 0 Å². The van der Waals surface area contributed by atoms with Gasteiger partial charge in [0.25, 0.3) is 5.91 Å². The highest BCUT2D eigenvalue weighted by Crippen LogP contribution is 2.29. The molecular weight excluding hydrogens is 465 g/mol. The van der Waals surface area contributed by atoms with Crippen molar-refractivity contribution < 1.29 is 22.8 Å². The zero-order valence-corrected chi connectivity index (χ0v) is 19.7. The first-order chi connectivity index (χ1) is 16.0. The van der Waals surface area contributed by atoms with Crippen LogP contribution in [0.3, 0.4) is 0 Å². The van der Waals surface area contributed by atoms with Crippen LogP contribution in [0.15, 0.2) is 48.5 Å². The Hall–Kier alpha value is -2.98. The molecule has 2 atom stereocenters. The third-order valence-corrected chi connectivity index (χ3v) is 6.01. The fourth-order valence-corrected chi connectivity index (χ4v) is 4.04. The van der Waals surface area contributed by atoms with Gasteiger partial charge < -0.3 is 20.9 Å². The Kier molecular flexibility index (Phi) is 8.27. The Morgan fingerprint density at radius 2 is 1.76 bits per heavy atom. The second-order valence-corrected chi connectivity index (χ2v) is 8.84. The van der Waals surface area contributed by atoms with Crippen molar-refractivity contribution >= 4 is 29.0 Å². The van der Waals surface area contributed by atoms with Gasteiger partial charge in [-0.05, 0) is 45.1 Å². The van der Waals surface area contributed by atoms with E-state index in [2.05, 4.69) is 20.9 Å². The summed E-state index contributed by atoms with van der Waals surface area (Å²) in [4.78, 5) is 27.5. The lowest BCUT2D eigenvalue weighted by molar-refractivity contribution is -0.137. The number of hydrogen-bond acceptors (Lipinski definition) is 4. The molecule has 3 rings (SSSR count). The number of likely N-dealkylation sites (N-methyl/N-ethyl adjacent to an activating group) is 1. The number of rotatable bonds is 6. The highest BCUT2D eigenvalue weighted by molar-refractivity contribution is 7.80. The molecule has 0 spiro atoms. The Morgan fingerprint density at radius 1 is 1.06 bits per heavy atom. The Morgan fingerprint density at radius 3 is 2.44 bits per heavy atom. The third kappa shape index (κ3) is 7.01. The minimum atomic E-state index is -4.55. The van der Waals surface area contributed by atoms with Gasteiger partial charge >= 0.3 is 6.18 Å². The lowest BCUT2D eigenvalue weighted by atomic mass is 9.99. The van der Waals surface area contributed by atoms with Gasteiger partial charge in [0.2, 0.25) is 5.91 Å². The molecule has 2 amide bonds. The van der Waals surface area contributed by atoms with E-state index in [-0.39, 0.29) is 24.2 Å². The molecular formula is C24H27F3N4O2S. The molecule has 0 aromatic heterocycles. The summed E-state index contributed by atoms with van der Waals surface area (Å²) in [5.41, 5.74) is 0.928. The van der Waals surface area contributed by atoms with Gasteiger partial charge in [-0.15, -0.1) is 0 Å². The summed E-state index contributed by atoms with van der Waals surface area (Å²) < 4.78 is 38.6. The number of carbonyl (C=O) groups is 2. The maximum atomic E-state index is 12.9. The average molecular weight is 493 g/mol. The number of halogens is 3. The first-order valence-corrected chi connectivity index (χ1v) is 11.2. The van der Waals surface area contributed by atoms with Crippen LogP contribution in [-0.2, 0) is 11.0 Å². The molecule has 0 radical (unpaired) electrons. The molecule has 0 aliphatic carbocycles. The van der Waals surface area contributed by atoms with Gasteiger partial charge in [0, 0.05) is 23.7 Å². The standard InChI is InChI=1S/C24H27F3N4O2S/c1-15-6-8-16(9-7-15)23(34)30-19-10-11-31(2)14-20(19)29-21(32)13-28-22(33)17-4-3-5-18(12-17)24(25,26)27/h3-9,12,19-20H,10-11,13-14H2,1-2H3,(H,28,33)(H,29,32)(H,30,34). The zero-order chi connectivity index (χ0) is 24.9. The molecule has 182 valence electrons. The monoisotopic (exact) mass is 492 g/mol. The van der Waals surface area contributed by atoms with E-state index >= 15 is 0 Å². The van der Waals surface area contributed by atoms with Crippen molar-refractivity contribution in [2.75, 3.05) is 26.7 Å². The predicted octanol–water partition coefficient (Wildman–Crippen LogP) is 2.90. The van der Waals surface area contributed by atoms with Crippen molar-refractivity contribution in [3.05, 3.63) is 70.8 Å². The van der Waals surface area contributed by atoms with Gasteiger partial charge in [-0.3, -0.25) is 9.59 Å². The Bertz CT molecular complexity index is 1040. The first kappa shape index (κ1) is 25.6. The second kappa shape index (κ2) is 11.0. The van der Waals surface area contributed by atoms with E-state index in [1.54, 1.807) is 0 Å². The minimum absolute atomic E-state index is 0.104. The Balaban J connectivity index is 1.57. The van der Waals surface area contributed by atoms with Crippen molar-refractivity contribution in [2.45, 2.75) is 31.6 Å². The summed E-state index contributed by atoms with van der Waals surface area (Å²) in [6.45, 7) is 3.05. The topological polar surface area (TPSA) is 73.5 Å². The smallest absolute Gasteiger partial charge is 0.371 e. The molecule has 2 unspecified atom stereocenters. The number of nitrogens with zero attached hydrogens (tertiary/aromatic N) is 1. The number of piperidine rings is 1. The summed E-state index contributed by atoms with van der Waals surface area (Å²) in [7, 11) is 1.95. The molecule has 0 bridgehead atoms. The van der Waals surface area contributed by atoms with Gasteiger partial charge in [-0.1, -0.05) is 48.1 Å². The van der Waals surface area contributed by atoms with E-state index in [1.165, 1.54) is 6.07 Å². The van der Waals surface area contributed by atoms with E-state index in [9.17, 15) is 22.8 Å². The van der Waals surface area contributed by atoms with E-state index in [1.807, 2.05) is 38.2 Å². The molecule has 6 nitrogen and oxygen atoms in total. The van der Waals surface area contributed by atoms with Crippen LogP contribution >= 0.6 is 12.2 Å². The number of alkyl halides is 3. The molecule has 2 aromatic carbocycles. The van der Waals surface area contributed by atoms with Gasteiger partial charge in [-0.25, -0.2) is 0 Å². The van der Waals surface area contributed by atoms with Gasteiger partial charge in [-0.2, -0.15) is 13.2 Å². The lowest BCUT2D eigenvalue weighted by Crippen LogP contribution is -2.60. The number of carbonyl (C=O) groups excluding carboxylic acids is 2. The van der Waals surface area contributed by atoms with Crippen molar-refractivity contribution in [3.63, 3.8) is 0 Å². The third-order valence-electron chi connectivity index (χ3n) is 5.65.